The molecular weight excluding hydrogens is 382 g/mol. The summed E-state index contributed by atoms with van der Waals surface area (Å²) in [5, 5.41) is 3.41. The second kappa shape index (κ2) is 9.25. The molecular formula is C24H27NO3S. The average molecular weight is 410 g/mol. The summed E-state index contributed by atoms with van der Waals surface area (Å²) in [4.78, 5) is 0.605. The third-order valence-electron chi connectivity index (χ3n) is 4.94. The molecule has 152 valence electrons. The van der Waals surface area contributed by atoms with Crippen molar-refractivity contribution < 1.29 is 13.2 Å². The van der Waals surface area contributed by atoms with E-state index in [1.807, 2.05) is 44.2 Å². The fourth-order valence-corrected chi connectivity index (χ4v) is 4.85. The van der Waals surface area contributed by atoms with Crippen LogP contribution in [0.1, 0.15) is 22.3 Å². The monoisotopic (exact) mass is 409 g/mol. The molecule has 3 aromatic carbocycles. The summed E-state index contributed by atoms with van der Waals surface area (Å²) in [6.45, 7) is 5.37. The highest BCUT2D eigenvalue weighted by Gasteiger charge is 2.20. The lowest BCUT2D eigenvalue weighted by molar-refractivity contribution is 0.408. The highest BCUT2D eigenvalue weighted by molar-refractivity contribution is 7.91. The van der Waals surface area contributed by atoms with Crippen LogP contribution in [-0.4, -0.2) is 22.1 Å². The Morgan fingerprint density at radius 3 is 2.03 bits per heavy atom. The van der Waals surface area contributed by atoms with Crippen LogP contribution < -0.4 is 10.1 Å². The van der Waals surface area contributed by atoms with Crippen LogP contribution in [0, 0.1) is 13.8 Å². The van der Waals surface area contributed by atoms with Gasteiger partial charge in [0.2, 0.25) is 9.84 Å². The van der Waals surface area contributed by atoms with E-state index in [1.165, 1.54) is 5.56 Å². The van der Waals surface area contributed by atoms with Crippen LogP contribution in [0.25, 0.3) is 0 Å². The number of hydrogen-bond donors (Lipinski definition) is 1. The Morgan fingerprint density at radius 1 is 0.828 bits per heavy atom. The van der Waals surface area contributed by atoms with E-state index in [9.17, 15) is 8.42 Å². The van der Waals surface area contributed by atoms with Crippen LogP contribution in [0.15, 0.2) is 76.5 Å². The van der Waals surface area contributed by atoms with E-state index in [1.54, 1.807) is 31.4 Å². The molecule has 0 unspecified atom stereocenters. The lowest BCUT2D eigenvalue weighted by atomic mass is 10.1. The number of benzene rings is 3. The predicted molar refractivity (Wildman–Crippen MR) is 116 cm³/mol. The van der Waals surface area contributed by atoms with Crippen LogP contribution >= 0.6 is 0 Å². The number of hydrogen-bond acceptors (Lipinski definition) is 4. The Balaban J connectivity index is 1.66. The van der Waals surface area contributed by atoms with Crippen LogP contribution in [-0.2, 0) is 22.8 Å². The Labute approximate surface area is 173 Å². The molecule has 0 radical (unpaired) electrons. The van der Waals surface area contributed by atoms with Crippen molar-refractivity contribution in [3.05, 3.63) is 89.0 Å². The van der Waals surface area contributed by atoms with Gasteiger partial charge in [0.05, 0.1) is 16.9 Å². The molecule has 0 saturated carbocycles. The van der Waals surface area contributed by atoms with Crippen molar-refractivity contribution in [1.29, 1.82) is 0 Å². The molecule has 0 aromatic heterocycles. The molecule has 0 heterocycles. The van der Waals surface area contributed by atoms with E-state index in [-0.39, 0.29) is 0 Å². The molecule has 4 nitrogen and oxygen atoms in total. The van der Waals surface area contributed by atoms with Crippen LogP contribution in [0.2, 0.25) is 0 Å². The minimum atomic E-state index is -3.56. The molecule has 0 aliphatic heterocycles. The molecule has 0 fully saturated rings. The summed E-state index contributed by atoms with van der Waals surface area (Å²) in [5.41, 5.74) is 3.98. The molecule has 29 heavy (non-hydrogen) atoms. The maximum absolute atomic E-state index is 13.0. The van der Waals surface area contributed by atoms with Gasteiger partial charge in [-0.05, 0) is 73.3 Å². The molecule has 0 spiro atoms. The van der Waals surface area contributed by atoms with E-state index in [0.717, 1.165) is 42.0 Å². The first kappa shape index (κ1) is 21.1. The van der Waals surface area contributed by atoms with Crippen molar-refractivity contribution in [3.63, 3.8) is 0 Å². The second-order valence-corrected chi connectivity index (χ2v) is 9.10. The third-order valence-corrected chi connectivity index (χ3v) is 6.69. The third kappa shape index (κ3) is 5.05. The van der Waals surface area contributed by atoms with E-state index < -0.39 is 9.84 Å². The number of aryl methyl sites for hydroxylation is 2. The van der Waals surface area contributed by atoms with Gasteiger partial charge in [-0.2, -0.15) is 0 Å². The minimum Gasteiger partial charge on any atom is -0.496 e. The fourth-order valence-electron chi connectivity index (χ4n) is 3.42. The zero-order valence-corrected chi connectivity index (χ0v) is 17.9. The minimum absolute atomic E-state index is 0.297. The zero-order valence-electron chi connectivity index (χ0n) is 17.1. The highest BCUT2D eigenvalue weighted by Crippen LogP contribution is 2.29. The quantitative estimate of drug-likeness (QED) is 0.558. The normalized spacial score (nSPS) is 11.4. The van der Waals surface area contributed by atoms with E-state index >= 15 is 0 Å². The predicted octanol–water partition coefficient (Wildman–Crippen LogP) is 4.48. The first-order chi connectivity index (χ1) is 13.9. The summed E-state index contributed by atoms with van der Waals surface area (Å²) < 4.78 is 31.4. The topological polar surface area (TPSA) is 55.4 Å². The highest BCUT2D eigenvalue weighted by atomic mass is 32.2. The van der Waals surface area contributed by atoms with Crippen molar-refractivity contribution in [3.8, 4) is 5.75 Å². The van der Waals surface area contributed by atoms with Gasteiger partial charge >= 0.3 is 0 Å². The Hall–Kier alpha value is -2.63. The van der Waals surface area contributed by atoms with E-state index in [2.05, 4.69) is 17.4 Å². The van der Waals surface area contributed by atoms with Crippen molar-refractivity contribution in [2.24, 2.45) is 0 Å². The first-order valence-electron chi connectivity index (χ1n) is 9.65. The van der Waals surface area contributed by atoms with E-state index in [0.29, 0.717) is 9.79 Å². The molecule has 0 aliphatic rings. The van der Waals surface area contributed by atoms with E-state index in [4.69, 9.17) is 4.74 Å². The summed E-state index contributed by atoms with van der Waals surface area (Å²) in [6, 6.07) is 20.8. The van der Waals surface area contributed by atoms with Crippen molar-refractivity contribution >= 4 is 9.84 Å². The molecule has 3 aromatic rings. The van der Waals surface area contributed by atoms with Crippen LogP contribution in [0.3, 0.4) is 0 Å². The Kier molecular flexibility index (Phi) is 6.72. The van der Waals surface area contributed by atoms with Gasteiger partial charge in [0.1, 0.15) is 5.75 Å². The van der Waals surface area contributed by atoms with Gasteiger partial charge in [-0.25, -0.2) is 8.42 Å². The second-order valence-electron chi connectivity index (χ2n) is 7.15. The van der Waals surface area contributed by atoms with Gasteiger partial charge < -0.3 is 10.1 Å². The van der Waals surface area contributed by atoms with Crippen molar-refractivity contribution in [1.82, 2.24) is 5.32 Å². The van der Waals surface area contributed by atoms with Crippen molar-refractivity contribution in [2.45, 2.75) is 36.6 Å². The van der Waals surface area contributed by atoms with Crippen molar-refractivity contribution in [2.75, 3.05) is 13.7 Å². The summed E-state index contributed by atoms with van der Waals surface area (Å²) in [6.07, 6.45) is 0.841. The van der Waals surface area contributed by atoms with Gasteiger partial charge in [0.25, 0.3) is 0 Å². The molecule has 0 bridgehead atoms. The number of methoxy groups -OCH3 is 1. The molecule has 1 N–H and O–H groups in total. The number of nitrogens with one attached hydrogen (secondary N) is 1. The number of sulfone groups is 1. The SMILES string of the molecule is COc1c(C)cc(S(=O)(=O)c2ccc(CCNCc3ccccc3)cc2)cc1C. The first-order valence-corrected chi connectivity index (χ1v) is 11.1. The standard InChI is InChI=1S/C24H27NO3S/c1-18-15-23(16-19(2)24(18)28-3)29(26,27)22-11-9-20(10-12-22)13-14-25-17-21-7-5-4-6-8-21/h4-12,15-16,25H,13-14,17H2,1-3H3. The number of ether oxygens (including phenoxy) is 1. The zero-order chi connectivity index (χ0) is 20.9. The van der Waals surface area contributed by atoms with Gasteiger partial charge in [-0.15, -0.1) is 0 Å². The number of rotatable bonds is 8. The van der Waals surface area contributed by atoms with Crippen LogP contribution in [0.4, 0.5) is 0 Å². The molecule has 3 rings (SSSR count). The summed E-state index contributed by atoms with van der Waals surface area (Å²) in [7, 11) is -1.96. The molecule has 0 aliphatic carbocycles. The van der Waals surface area contributed by atoms with Gasteiger partial charge in [-0.1, -0.05) is 42.5 Å². The Bertz CT molecular complexity index is 1040. The van der Waals surface area contributed by atoms with Gasteiger partial charge in [0.15, 0.2) is 0 Å². The van der Waals surface area contributed by atoms with Gasteiger partial charge in [0, 0.05) is 6.54 Å². The molecule has 5 heteroatoms. The maximum atomic E-state index is 13.0. The molecule has 0 saturated heterocycles. The summed E-state index contributed by atoms with van der Waals surface area (Å²) in [5.74, 6) is 0.724. The smallest absolute Gasteiger partial charge is 0.206 e. The summed E-state index contributed by atoms with van der Waals surface area (Å²) >= 11 is 0. The molecule has 0 amide bonds. The van der Waals surface area contributed by atoms with Crippen LogP contribution in [0.5, 0.6) is 5.75 Å². The Morgan fingerprint density at radius 2 is 1.45 bits per heavy atom. The average Bonchev–Trinajstić information content (AvgIpc) is 2.72. The molecule has 0 atom stereocenters. The van der Waals surface area contributed by atoms with Gasteiger partial charge in [-0.3, -0.25) is 0 Å². The fraction of sp³-hybridized carbons (Fsp3) is 0.250. The largest absolute Gasteiger partial charge is 0.496 e. The maximum Gasteiger partial charge on any atom is 0.206 e. The lowest BCUT2D eigenvalue weighted by Gasteiger charge is -2.12. The lowest BCUT2D eigenvalue weighted by Crippen LogP contribution is -2.16.